The highest BCUT2D eigenvalue weighted by Crippen LogP contribution is 2.34. The minimum Gasteiger partial charge on any atom is -0.327 e. The molecule has 2 rings (SSSR count). The van der Waals surface area contributed by atoms with Crippen molar-refractivity contribution in [2.75, 3.05) is 13.1 Å². The van der Waals surface area contributed by atoms with Gasteiger partial charge in [0.15, 0.2) is 0 Å². The van der Waals surface area contributed by atoms with E-state index in [1.165, 1.54) is 6.07 Å². The number of rotatable bonds is 2. The molecule has 128 valence electrons. The summed E-state index contributed by atoms with van der Waals surface area (Å²) in [5.74, 6) is 0. The Morgan fingerprint density at radius 1 is 1.35 bits per heavy atom. The zero-order chi connectivity index (χ0) is 16.5. The minimum absolute atomic E-state index is 0. The van der Waals surface area contributed by atoms with Gasteiger partial charge in [-0.2, -0.15) is 22.7 Å². The van der Waals surface area contributed by atoms with E-state index in [9.17, 15) is 21.6 Å². The van der Waals surface area contributed by atoms with Gasteiger partial charge in [0.05, 0.1) is 22.1 Å². The summed E-state index contributed by atoms with van der Waals surface area (Å²) in [6.45, 7) is 0.293. The molecule has 1 aliphatic heterocycles. The van der Waals surface area contributed by atoms with Crippen molar-refractivity contribution in [2.24, 2.45) is 5.73 Å². The summed E-state index contributed by atoms with van der Waals surface area (Å²) in [5, 5.41) is 8.73. The van der Waals surface area contributed by atoms with E-state index in [0.29, 0.717) is 18.9 Å². The van der Waals surface area contributed by atoms with Gasteiger partial charge in [0.1, 0.15) is 0 Å². The topological polar surface area (TPSA) is 87.2 Å². The van der Waals surface area contributed by atoms with E-state index in [4.69, 9.17) is 11.0 Å². The SMILES string of the molecule is Cl.N#Cc1ccc(S(=O)(=O)N2CCCC(N)C2)cc1C(F)(F)F. The van der Waals surface area contributed by atoms with Crippen LogP contribution in [0.2, 0.25) is 0 Å². The van der Waals surface area contributed by atoms with Gasteiger partial charge in [0.25, 0.3) is 0 Å². The van der Waals surface area contributed by atoms with Crippen LogP contribution >= 0.6 is 12.4 Å². The Morgan fingerprint density at radius 3 is 2.52 bits per heavy atom. The predicted molar refractivity (Wildman–Crippen MR) is 79.4 cm³/mol. The Balaban J connectivity index is 0.00000264. The Labute approximate surface area is 138 Å². The van der Waals surface area contributed by atoms with Gasteiger partial charge in [-0.15, -0.1) is 12.4 Å². The molecule has 1 saturated heterocycles. The molecule has 0 saturated carbocycles. The molecule has 0 aliphatic carbocycles. The molecule has 1 heterocycles. The molecule has 1 unspecified atom stereocenters. The van der Waals surface area contributed by atoms with Crippen molar-refractivity contribution in [3.05, 3.63) is 29.3 Å². The summed E-state index contributed by atoms with van der Waals surface area (Å²) in [4.78, 5) is -0.479. The molecule has 2 N–H and O–H groups in total. The number of nitriles is 1. The monoisotopic (exact) mass is 369 g/mol. The fourth-order valence-corrected chi connectivity index (χ4v) is 3.92. The van der Waals surface area contributed by atoms with Crippen molar-refractivity contribution >= 4 is 22.4 Å². The third-order valence-electron chi connectivity index (χ3n) is 3.48. The molecular weight excluding hydrogens is 355 g/mol. The first-order valence-electron chi connectivity index (χ1n) is 6.53. The van der Waals surface area contributed by atoms with Crippen molar-refractivity contribution in [3.8, 4) is 6.07 Å². The summed E-state index contributed by atoms with van der Waals surface area (Å²) in [7, 11) is -4.06. The maximum atomic E-state index is 12.9. The summed E-state index contributed by atoms with van der Waals surface area (Å²) >= 11 is 0. The average molecular weight is 370 g/mol. The lowest BCUT2D eigenvalue weighted by molar-refractivity contribution is -0.137. The van der Waals surface area contributed by atoms with E-state index in [2.05, 4.69) is 0 Å². The standard InChI is InChI=1S/C13H14F3N3O2S.ClH/c14-13(15,16)12-6-11(4-3-9(12)7-17)22(20,21)19-5-1-2-10(18)8-19;/h3-4,6,10H,1-2,5,8,18H2;1H. The van der Waals surface area contributed by atoms with Crippen molar-refractivity contribution in [1.82, 2.24) is 4.31 Å². The Kier molecular flexibility index (Phi) is 6.04. The second-order valence-corrected chi connectivity index (χ2v) is 7.02. The van der Waals surface area contributed by atoms with Crippen LogP contribution in [0.25, 0.3) is 0 Å². The third kappa shape index (κ3) is 4.14. The first-order valence-corrected chi connectivity index (χ1v) is 7.97. The quantitative estimate of drug-likeness (QED) is 0.864. The largest absolute Gasteiger partial charge is 0.417 e. The van der Waals surface area contributed by atoms with Crippen molar-refractivity contribution < 1.29 is 21.6 Å². The molecule has 0 amide bonds. The third-order valence-corrected chi connectivity index (χ3v) is 5.34. The highest BCUT2D eigenvalue weighted by Gasteiger charge is 2.36. The zero-order valence-corrected chi connectivity index (χ0v) is 13.5. The Bertz CT molecular complexity index is 716. The summed E-state index contributed by atoms with van der Waals surface area (Å²) in [6.07, 6.45) is -3.56. The first-order chi connectivity index (χ1) is 10.2. The van der Waals surface area contributed by atoms with Gasteiger partial charge in [-0.1, -0.05) is 0 Å². The van der Waals surface area contributed by atoms with Gasteiger partial charge in [-0.3, -0.25) is 0 Å². The molecule has 1 atom stereocenters. The van der Waals surface area contributed by atoms with Crippen molar-refractivity contribution in [1.29, 1.82) is 5.26 Å². The van der Waals surface area contributed by atoms with Crippen molar-refractivity contribution in [2.45, 2.75) is 30.0 Å². The van der Waals surface area contributed by atoms with Gasteiger partial charge in [-0.05, 0) is 31.0 Å². The molecule has 1 aliphatic rings. The van der Waals surface area contributed by atoms with E-state index in [1.807, 2.05) is 0 Å². The molecule has 0 bridgehead atoms. The van der Waals surface area contributed by atoms with E-state index >= 15 is 0 Å². The average Bonchev–Trinajstić information content (AvgIpc) is 2.45. The van der Waals surface area contributed by atoms with E-state index < -0.39 is 32.2 Å². The highest BCUT2D eigenvalue weighted by molar-refractivity contribution is 7.89. The van der Waals surface area contributed by atoms with Crippen LogP contribution in [0.3, 0.4) is 0 Å². The Hall–Kier alpha value is -1.34. The van der Waals surface area contributed by atoms with Crippen LogP contribution in [0, 0.1) is 11.3 Å². The molecule has 5 nitrogen and oxygen atoms in total. The van der Waals surface area contributed by atoms with E-state index in [-0.39, 0.29) is 31.5 Å². The second-order valence-electron chi connectivity index (χ2n) is 5.08. The summed E-state index contributed by atoms with van der Waals surface area (Å²) in [6, 6.07) is 3.49. The number of halogens is 4. The molecule has 1 aromatic carbocycles. The van der Waals surface area contributed by atoms with E-state index in [1.54, 1.807) is 0 Å². The fourth-order valence-electron chi connectivity index (χ4n) is 2.36. The van der Waals surface area contributed by atoms with Crippen LogP contribution in [0.15, 0.2) is 23.1 Å². The number of sulfonamides is 1. The van der Waals surface area contributed by atoms with Gasteiger partial charge in [0.2, 0.25) is 10.0 Å². The van der Waals surface area contributed by atoms with Gasteiger partial charge >= 0.3 is 6.18 Å². The smallest absolute Gasteiger partial charge is 0.327 e. The first kappa shape index (κ1) is 19.7. The number of benzene rings is 1. The maximum Gasteiger partial charge on any atom is 0.417 e. The molecule has 0 radical (unpaired) electrons. The van der Waals surface area contributed by atoms with Crippen LogP contribution in [-0.4, -0.2) is 31.9 Å². The molecule has 10 heteroatoms. The molecule has 23 heavy (non-hydrogen) atoms. The van der Waals surface area contributed by atoms with Crippen molar-refractivity contribution in [3.63, 3.8) is 0 Å². The second kappa shape index (κ2) is 7.05. The molecule has 1 aromatic rings. The zero-order valence-electron chi connectivity index (χ0n) is 11.9. The predicted octanol–water partition coefficient (Wildman–Crippen LogP) is 2.11. The molecule has 0 spiro atoms. The van der Waals surface area contributed by atoms with Crippen LogP contribution in [0.1, 0.15) is 24.0 Å². The van der Waals surface area contributed by atoms with Crippen LogP contribution in [0.5, 0.6) is 0 Å². The Morgan fingerprint density at radius 2 is 2.00 bits per heavy atom. The molecular formula is C13H15ClF3N3O2S. The molecule has 1 fully saturated rings. The lowest BCUT2D eigenvalue weighted by Gasteiger charge is -2.30. The maximum absolute atomic E-state index is 12.9. The van der Waals surface area contributed by atoms with Crippen LogP contribution < -0.4 is 5.73 Å². The number of alkyl halides is 3. The summed E-state index contributed by atoms with van der Waals surface area (Å²) in [5.41, 5.74) is 3.85. The highest BCUT2D eigenvalue weighted by atomic mass is 35.5. The lowest BCUT2D eigenvalue weighted by Crippen LogP contribution is -2.45. The fraction of sp³-hybridized carbons (Fsp3) is 0.462. The minimum atomic E-state index is -4.80. The number of piperidine rings is 1. The van der Waals surface area contributed by atoms with E-state index in [0.717, 1.165) is 16.4 Å². The lowest BCUT2D eigenvalue weighted by atomic mass is 10.1. The van der Waals surface area contributed by atoms with Gasteiger partial charge < -0.3 is 5.73 Å². The van der Waals surface area contributed by atoms with Gasteiger partial charge in [-0.25, -0.2) is 8.42 Å². The van der Waals surface area contributed by atoms with Crippen LogP contribution in [0.4, 0.5) is 13.2 Å². The number of hydrogen-bond donors (Lipinski definition) is 1. The number of nitrogens with zero attached hydrogens (tertiary/aromatic N) is 2. The number of hydrogen-bond acceptors (Lipinski definition) is 4. The normalized spacial score (nSPS) is 19.7. The molecule has 0 aromatic heterocycles. The van der Waals surface area contributed by atoms with Gasteiger partial charge in [0, 0.05) is 19.1 Å². The number of nitrogens with two attached hydrogens (primary N) is 1. The van der Waals surface area contributed by atoms with Crippen LogP contribution in [-0.2, 0) is 16.2 Å². The summed E-state index contributed by atoms with van der Waals surface area (Å²) < 4.78 is 64.7.